The van der Waals surface area contributed by atoms with Crippen molar-refractivity contribution in [2.45, 2.75) is 25.4 Å². The van der Waals surface area contributed by atoms with E-state index in [1.165, 1.54) is 18.5 Å². The van der Waals surface area contributed by atoms with Crippen LogP contribution in [0.5, 0.6) is 5.75 Å². The molecular formula is C32H35ClFN5O11. The summed E-state index contributed by atoms with van der Waals surface area (Å²) in [4.78, 5) is 61.6. The summed E-state index contributed by atoms with van der Waals surface area (Å²) in [5.41, 5.74) is 1.73. The Morgan fingerprint density at radius 1 is 0.980 bits per heavy atom. The van der Waals surface area contributed by atoms with Crippen LogP contribution in [0.3, 0.4) is 0 Å². The van der Waals surface area contributed by atoms with Crippen LogP contribution in [0.2, 0.25) is 5.02 Å². The molecule has 4 rings (SSSR count). The Morgan fingerprint density at radius 2 is 1.60 bits per heavy atom. The van der Waals surface area contributed by atoms with E-state index in [-0.39, 0.29) is 17.0 Å². The van der Waals surface area contributed by atoms with Crippen molar-refractivity contribution >= 4 is 69.5 Å². The second-order valence-electron chi connectivity index (χ2n) is 10.4. The fourth-order valence-electron chi connectivity index (χ4n) is 3.93. The van der Waals surface area contributed by atoms with Crippen molar-refractivity contribution in [1.82, 2.24) is 14.9 Å². The summed E-state index contributed by atoms with van der Waals surface area (Å²) in [7, 11) is 3.94. The maximum absolute atomic E-state index is 13.6. The zero-order valence-corrected chi connectivity index (χ0v) is 27.6. The van der Waals surface area contributed by atoms with Gasteiger partial charge in [-0.15, -0.1) is 0 Å². The minimum absolute atomic E-state index is 0.00325. The maximum Gasteiger partial charge on any atom is 0.328 e. The number of anilines is 3. The molecule has 1 atom stereocenters. The summed E-state index contributed by atoms with van der Waals surface area (Å²) < 4.78 is 25.1. The molecule has 2 aromatic carbocycles. The number of aliphatic carboxylic acids is 4. The molecule has 0 spiro atoms. The zero-order valence-electron chi connectivity index (χ0n) is 26.8. The summed E-state index contributed by atoms with van der Waals surface area (Å²) in [5, 5.41) is 38.1. The molecule has 0 radical (unpaired) electrons. The molecule has 1 fully saturated rings. The second kappa shape index (κ2) is 20.7. The highest BCUT2D eigenvalue weighted by atomic mass is 35.5. The van der Waals surface area contributed by atoms with Gasteiger partial charge < -0.3 is 45.4 Å². The predicted molar refractivity (Wildman–Crippen MR) is 179 cm³/mol. The topological polar surface area (TPSA) is 238 Å². The van der Waals surface area contributed by atoms with Gasteiger partial charge in [0.2, 0.25) is 5.91 Å². The molecule has 18 heteroatoms. The zero-order chi connectivity index (χ0) is 37.2. The van der Waals surface area contributed by atoms with Crippen molar-refractivity contribution < 1.29 is 58.3 Å². The fraction of sp³-hybridized carbons (Fsp3) is 0.281. The van der Waals surface area contributed by atoms with Crippen LogP contribution in [0.1, 0.15) is 19.3 Å². The number of carbonyl (C=O) groups excluding carboxylic acids is 1. The van der Waals surface area contributed by atoms with Crippen molar-refractivity contribution in [2.24, 2.45) is 0 Å². The van der Waals surface area contributed by atoms with Crippen LogP contribution in [0.25, 0.3) is 10.9 Å². The van der Waals surface area contributed by atoms with Crippen LogP contribution < -0.4 is 15.4 Å². The molecule has 50 heavy (non-hydrogen) atoms. The van der Waals surface area contributed by atoms with Gasteiger partial charge in [-0.05, 0) is 51.3 Å². The van der Waals surface area contributed by atoms with E-state index in [1.54, 1.807) is 18.2 Å². The number of ether oxygens (including phenoxy) is 2. The van der Waals surface area contributed by atoms with Gasteiger partial charge in [-0.25, -0.2) is 33.5 Å². The van der Waals surface area contributed by atoms with E-state index in [0.717, 1.165) is 19.4 Å². The third-order valence-corrected chi connectivity index (χ3v) is 6.41. The van der Waals surface area contributed by atoms with Crippen LogP contribution in [-0.2, 0) is 28.7 Å². The normalized spacial score (nSPS) is 13.7. The first kappa shape index (κ1) is 40.5. The van der Waals surface area contributed by atoms with Crippen LogP contribution >= 0.6 is 11.6 Å². The van der Waals surface area contributed by atoms with Crippen molar-refractivity contribution in [2.75, 3.05) is 44.5 Å². The Morgan fingerprint density at radius 3 is 2.12 bits per heavy atom. The fourth-order valence-corrected chi connectivity index (χ4v) is 4.11. The van der Waals surface area contributed by atoms with E-state index < -0.39 is 29.7 Å². The summed E-state index contributed by atoms with van der Waals surface area (Å²) in [6, 6.07) is 7.91. The number of hydrogen-bond acceptors (Lipinski definition) is 11. The Kier molecular flexibility index (Phi) is 16.7. The lowest BCUT2D eigenvalue weighted by Gasteiger charge is -2.18. The first-order chi connectivity index (χ1) is 23.6. The molecular weight excluding hydrogens is 685 g/mol. The number of carbonyl (C=O) groups is 5. The van der Waals surface area contributed by atoms with Crippen molar-refractivity contribution in [3.63, 3.8) is 0 Å². The third-order valence-electron chi connectivity index (χ3n) is 6.12. The Bertz CT molecular complexity index is 1660. The molecule has 1 aliphatic rings. The molecule has 1 amide bonds. The van der Waals surface area contributed by atoms with Gasteiger partial charge >= 0.3 is 23.9 Å². The highest BCUT2D eigenvalue weighted by Crippen LogP contribution is 2.35. The van der Waals surface area contributed by atoms with Gasteiger partial charge in [-0.3, -0.25) is 4.79 Å². The lowest BCUT2D eigenvalue weighted by molar-refractivity contribution is -0.134. The molecule has 16 nitrogen and oxygen atoms in total. The van der Waals surface area contributed by atoms with Gasteiger partial charge in [0.15, 0.2) is 0 Å². The number of rotatable bonds is 13. The van der Waals surface area contributed by atoms with Crippen LogP contribution in [0, 0.1) is 5.82 Å². The number of carboxylic acids is 4. The standard InChI is InChI=1S/C24H27ClFN5O3.2C4H4O4/c1-31(2)8-3-4-23(32)30-21-11-17-20(12-22(21)34-16-7-9-33-13-16)27-14-28-24(17)29-15-5-6-19(26)18(25)10-15;2*5-3(6)1-2-4(7)8/h5-6,10-12,14,16H,3-4,7-9,13H2,1-2H3,(H,30,32)(H,27,28,29);2*1-2H,(H,5,6)(H,7,8)/b;2*2-1+. The first-order valence-corrected chi connectivity index (χ1v) is 15.0. The summed E-state index contributed by atoms with van der Waals surface area (Å²) in [6.45, 7) is 1.95. The predicted octanol–water partition coefficient (Wildman–Crippen LogP) is 4.04. The average molecular weight is 720 g/mol. The number of amides is 1. The molecule has 0 saturated carbocycles. The molecule has 1 aliphatic heterocycles. The van der Waals surface area contributed by atoms with Crippen molar-refractivity contribution in [1.29, 1.82) is 0 Å². The number of halogens is 2. The van der Waals surface area contributed by atoms with Gasteiger partial charge in [0.25, 0.3) is 0 Å². The smallest absolute Gasteiger partial charge is 0.328 e. The molecule has 268 valence electrons. The lowest BCUT2D eigenvalue weighted by atomic mass is 10.1. The third kappa shape index (κ3) is 15.5. The Balaban J connectivity index is 0.000000450. The summed E-state index contributed by atoms with van der Waals surface area (Å²) in [5.74, 6) is -4.62. The highest BCUT2D eigenvalue weighted by molar-refractivity contribution is 6.31. The van der Waals surface area contributed by atoms with Crippen molar-refractivity contribution in [3.05, 3.63) is 71.8 Å². The monoisotopic (exact) mass is 719 g/mol. The van der Waals surface area contributed by atoms with Crippen molar-refractivity contribution in [3.8, 4) is 5.75 Å². The number of fused-ring (bicyclic) bond motifs is 1. The Hall–Kier alpha value is -5.65. The Labute approximate surface area is 289 Å². The number of benzene rings is 2. The number of nitrogens with one attached hydrogen (secondary N) is 2. The highest BCUT2D eigenvalue weighted by Gasteiger charge is 2.21. The minimum atomic E-state index is -1.26. The molecule has 1 aromatic heterocycles. The molecule has 1 unspecified atom stereocenters. The van der Waals surface area contributed by atoms with Gasteiger partial charge in [0.05, 0.1) is 29.4 Å². The molecule has 3 aromatic rings. The van der Waals surface area contributed by atoms with Gasteiger partial charge in [0.1, 0.15) is 29.8 Å². The summed E-state index contributed by atoms with van der Waals surface area (Å²) >= 11 is 5.92. The quantitative estimate of drug-likeness (QED) is 0.137. The van der Waals surface area contributed by atoms with Crippen LogP contribution in [0.4, 0.5) is 21.6 Å². The number of hydrogen-bond donors (Lipinski definition) is 6. The van der Waals surface area contributed by atoms with Gasteiger partial charge in [-0.2, -0.15) is 0 Å². The van der Waals surface area contributed by atoms with Gasteiger partial charge in [-0.1, -0.05) is 11.6 Å². The molecule has 2 heterocycles. The van der Waals surface area contributed by atoms with Crippen LogP contribution in [-0.4, -0.2) is 105 Å². The van der Waals surface area contributed by atoms with E-state index in [2.05, 4.69) is 20.6 Å². The number of carboxylic acid groups (broad SMARTS) is 4. The number of nitrogens with zero attached hydrogens (tertiary/aromatic N) is 3. The summed E-state index contributed by atoms with van der Waals surface area (Å²) in [6.07, 6.45) is 5.46. The van der Waals surface area contributed by atoms with E-state index in [4.69, 9.17) is 41.5 Å². The lowest BCUT2D eigenvalue weighted by Crippen LogP contribution is -2.19. The minimum Gasteiger partial charge on any atom is -0.486 e. The van der Waals surface area contributed by atoms with E-state index in [9.17, 15) is 28.4 Å². The van der Waals surface area contributed by atoms with E-state index in [0.29, 0.717) is 77.8 Å². The average Bonchev–Trinajstić information content (AvgIpc) is 3.55. The molecule has 0 bridgehead atoms. The van der Waals surface area contributed by atoms with E-state index in [1.807, 2.05) is 19.0 Å². The second-order valence-corrected chi connectivity index (χ2v) is 10.8. The van der Waals surface area contributed by atoms with E-state index >= 15 is 0 Å². The first-order valence-electron chi connectivity index (χ1n) is 14.6. The number of aromatic nitrogens is 2. The molecule has 0 aliphatic carbocycles. The maximum atomic E-state index is 13.6. The largest absolute Gasteiger partial charge is 0.486 e. The molecule has 6 N–H and O–H groups in total. The van der Waals surface area contributed by atoms with Gasteiger partial charge in [0, 0.05) is 54.3 Å². The SMILES string of the molecule is CN(C)CCCC(=O)Nc1cc2c(Nc3ccc(F)c(Cl)c3)ncnc2cc1OC1CCOC1.O=C(O)/C=C/C(=O)O.O=C(O)/C=C/C(=O)O. The van der Waals surface area contributed by atoms with Crippen LogP contribution in [0.15, 0.2) is 61.0 Å². The molecule has 1 saturated heterocycles.